The summed E-state index contributed by atoms with van der Waals surface area (Å²) in [5.41, 5.74) is 7.20. The summed E-state index contributed by atoms with van der Waals surface area (Å²) in [7, 11) is 2.61. The first-order chi connectivity index (χ1) is 47.9. The predicted molar refractivity (Wildman–Crippen MR) is 374 cm³/mol. The van der Waals surface area contributed by atoms with E-state index in [1.165, 1.54) is 109 Å². The van der Waals surface area contributed by atoms with Crippen molar-refractivity contribution < 1.29 is 80.3 Å². The third kappa shape index (κ3) is 14.8. The molecule has 0 saturated carbocycles. The van der Waals surface area contributed by atoms with Crippen molar-refractivity contribution in [3.05, 3.63) is 174 Å². The molecule has 0 aromatic heterocycles. The number of hydrogen-bond acceptors (Lipinski definition) is 15. The lowest BCUT2D eigenvalue weighted by Gasteiger charge is -2.39. The standard InChI is InChI=1S/C72H76Cl4F2N8O15/c1-69(2,3)35-53-71(43-19-17-39(73)33-49(43)83-65(71)91)55(41-11-9-13-45(75)57(41)77)59(63(89)81-47-21-15-37(61(79)87)31-51(47)95-7)85(53)67(93)100-29-27-98-25-23-97-24-26-99-28-30-101-68(94)86-54(36-70(4,5)6)72(44-20-18-40(74)34-50(44)84-66(72)92)56(42-12-10-14-46(76)58(42)78)60(86)64(90)82-48-22-16-38(62(80)88)32-52(48)96-8/h9-22,31-34,53-56,59-60H,23-30,35-36H2,1-8H3,(H2,79,87)(H2,80,88)(H,81,89)(H,82,90)(H,83,91)(H,84,92)/t53-,54-,55-,56-,59+,60+,71+,72+/m0/s1. The topological polar surface area (TPSA) is 308 Å². The summed E-state index contributed by atoms with van der Waals surface area (Å²) in [5, 5.41) is 11.4. The molecule has 0 aliphatic carbocycles. The summed E-state index contributed by atoms with van der Waals surface area (Å²) in [6, 6.07) is 20.1. The molecular formula is C72H76Cl4F2N8O15. The summed E-state index contributed by atoms with van der Waals surface area (Å²) < 4.78 is 74.1. The van der Waals surface area contributed by atoms with E-state index in [0.29, 0.717) is 11.1 Å². The van der Waals surface area contributed by atoms with Crippen LogP contribution in [0.4, 0.5) is 41.1 Å². The maximum absolute atomic E-state index is 16.9. The summed E-state index contributed by atoms with van der Waals surface area (Å²) >= 11 is 26.0. The summed E-state index contributed by atoms with van der Waals surface area (Å²) in [4.78, 5) is 118. The van der Waals surface area contributed by atoms with Gasteiger partial charge in [0.05, 0.1) is 87.4 Å². The SMILES string of the molecule is COc1cc(C(N)=O)ccc1NC(=O)[C@H]1[C@H](c2cccc(Cl)c2F)[C@]2(C(=O)Nc3cc(Cl)ccc32)[C@H](CC(C)(C)C)N1C(=O)OCCOCCOCCOCCOC(=O)N1[C@@H](CC(C)(C)C)[C@@]2(C(=O)Nc3cc(Cl)ccc32)[C@@H](c2cccc(Cl)c2F)[C@@H]1C(=O)Nc1ccc(C(N)=O)cc1OC. The van der Waals surface area contributed by atoms with Gasteiger partial charge in [-0.15, -0.1) is 0 Å². The van der Waals surface area contributed by atoms with Crippen molar-refractivity contribution in [3.63, 3.8) is 0 Å². The van der Waals surface area contributed by atoms with Crippen molar-refractivity contribution in [1.82, 2.24) is 9.80 Å². The van der Waals surface area contributed by atoms with Crippen LogP contribution in [0.3, 0.4) is 0 Å². The van der Waals surface area contributed by atoms with Gasteiger partial charge in [0.15, 0.2) is 0 Å². The number of anilines is 4. The Kier molecular flexibility index (Phi) is 22.5. The number of carbonyl (C=O) groups excluding carboxylic acids is 8. The third-order valence-corrected chi connectivity index (χ3v) is 19.4. The molecule has 6 aromatic rings. The highest BCUT2D eigenvalue weighted by Gasteiger charge is 2.73. The van der Waals surface area contributed by atoms with Gasteiger partial charge in [0.1, 0.15) is 59.3 Å². The monoisotopic (exact) mass is 1470 g/mol. The van der Waals surface area contributed by atoms with Crippen LogP contribution < -0.4 is 42.2 Å². The van der Waals surface area contributed by atoms with E-state index in [4.69, 9.17) is 91.0 Å². The van der Waals surface area contributed by atoms with Gasteiger partial charge in [0, 0.05) is 44.4 Å². The first-order valence-corrected chi connectivity index (χ1v) is 33.7. The van der Waals surface area contributed by atoms with Gasteiger partial charge in [-0.1, -0.05) is 124 Å². The fraction of sp³-hybridized carbons (Fsp3) is 0.389. The number of halogens is 6. The van der Waals surface area contributed by atoms with E-state index in [9.17, 15) is 9.59 Å². The van der Waals surface area contributed by atoms with Gasteiger partial charge in [-0.3, -0.25) is 38.6 Å². The molecule has 2 spiro atoms. The van der Waals surface area contributed by atoms with E-state index in [0.717, 1.165) is 0 Å². The molecule has 8 N–H and O–H groups in total. The molecule has 4 aliphatic heterocycles. The van der Waals surface area contributed by atoms with Gasteiger partial charge in [0.25, 0.3) is 0 Å². The number of rotatable bonds is 24. The van der Waals surface area contributed by atoms with Crippen LogP contribution in [0.5, 0.6) is 11.5 Å². The Morgan fingerprint density at radius 1 is 0.515 bits per heavy atom. The van der Waals surface area contributed by atoms with Crippen LogP contribution in [-0.4, -0.2) is 149 Å². The molecule has 4 aliphatic rings. The second kappa shape index (κ2) is 30.4. The lowest BCUT2D eigenvalue weighted by Crippen LogP contribution is -2.53. The third-order valence-electron chi connectivity index (χ3n) is 18.4. The zero-order chi connectivity index (χ0) is 73.2. The van der Waals surface area contributed by atoms with Crippen LogP contribution in [0.15, 0.2) is 109 Å². The highest BCUT2D eigenvalue weighted by Crippen LogP contribution is 2.63. The van der Waals surface area contributed by atoms with E-state index in [1.54, 1.807) is 24.3 Å². The highest BCUT2D eigenvalue weighted by atomic mass is 35.5. The van der Waals surface area contributed by atoms with Crippen molar-refractivity contribution >= 4 is 117 Å². The van der Waals surface area contributed by atoms with Crippen molar-refractivity contribution in [3.8, 4) is 11.5 Å². The average Bonchev–Trinajstić information content (AvgIpc) is 1.53. The lowest BCUT2D eigenvalue weighted by molar-refractivity contribution is -0.123. The number of fused-ring (bicyclic) bond motifs is 4. The Labute approximate surface area is 601 Å². The van der Waals surface area contributed by atoms with E-state index in [2.05, 4.69) is 21.3 Å². The second-order valence-corrected chi connectivity index (χ2v) is 28.8. The number of nitrogens with zero attached hydrogens (tertiary/aromatic N) is 2. The molecule has 0 bridgehead atoms. The highest BCUT2D eigenvalue weighted by molar-refractivity contribution is 6.32. The maximum atomic E-state index is 16.9. The van der Waals surface area contributed by atoms with Gasteiger partial charge in [-0.2, -0.15) is 0 Å². The quantitative estimate of drug-likeness (QED) is 0.0307. The van der Waals surface area contributed by atoms with Gasteiger partial charge in [0.2, 0.25) is 35.4 Å². The van der Waals surface area contributed by atoms with Crippen LogP contribution in [0, 0.1) is 22.5 Å². The van der Waals surface area contributed by atoms with E-state index in [-0.39, 0.29) is 142 Å². The van der Waals surface area contributed by atoms with Crippen LogP contribution in [0.2, 0.25) is 20.1 Å². The van der Waals surface area contributed by atoms with E-state index in [1.807, 2.05) is 41.5 Å². The Morgan fingerprint density at radius 3 is 1.21 bits per heavy atom. The molecule has 4 heterocycles. The molecule has 2 saturated heterocycles. The molecule has 10 rings (SSSR count). The molecule has 0 unspecified atom stereocenters. The number of primary amides is 2. The molecule has 101 heavy (non-hydrogen) atoms. The summed E-state index contributed by atoms with van der Waals surface area (Å²) in [6.07, 6.45) is -1.95. The lowest BCUT2D eigenvalue weighted by atomic mass is 9.62. The number of benzene rings is 6. The first-order valence-electron chi connectivity index (χ1n) is 32.2. The molecule has 8 amide bonds. The molecule has 6 aromatic carbocycles. The van der Waals surface area contributed by atoms with Crippen LogP contribution in [0.1, 0.15) is 109 Å². The number of amides is 8. The minimum absolute atomic E-state index is 0.00539. The van der Waals surface area contributed by atoms with Gasteiger partial charge < -0.3 is 65.9 Å². The Morgan fingerprint density at radius 2 is 0.871 bits per heavy atom. The number of ether oxygens (including phenoxy) is 7. The van der Waals surface area contributed by atoms with Crippen LogP contribution in [-0.2, 0) is 53.7 Å². The zero-order valence-electron chi connectivity index (χ0n) is 56.4. The number of hydrogen-bond donors (Lipinski definition) is 6. The molecule has 2 fully saturated rings. The van der Waals surface area contributed by atoms with Crippen molar-refractivity contribution in [2.45, 2.75) is 101 Å². The molecule has 8 atom stereocenters. The van der Waals surface area contributed by atoms with Gasteiger partial charge >= 0.3 is 12.2 Å². The fourth-order valence-electron chi connectivity index (χ4n) is 14.4. The Balaban J connectivity index is 0.818. The predicted octanol–water partition coefficient (Wildman–Crippen LogP) is 12.0. The fourth-order valence-corrected chi connectivity index (χ4v) is 15.1. The summed E-state index contributed by atoms with van der Waals surface area (Å²) in [6.45, 7) is 10.3. The summed E-state index contributed by atoms with van der Waals surface area (Å²) in [5.74, 6) is -9.36. The minimum atomic E-state index is -1.88. The largest absolute Gasteiger partial charge is 0.495 e. The first kappa shape index (κ1) is 74.9. The Bertz CT molecular complexity index is 3990. The van der Waals surface area contributed by atoms with Crippen molar-refractivity contribution in [2.75, 3.05) is 88.3 Å². The van der Waals surface area contributed by atoms with Crippen molar-refractivity contribution in [2.24, 2.45) is 22.3 Å². The number of likely N-dealkylation sites (tertiary alicyclic amines) is 2. The van der Waals surface area contributed by atoms with E-state index < -0.39 is 117 Å². The van der Waals surface area contributed by atoms with Gasteiger partial charge in [-0.05, 0) is 119 Å². The number of methoxy groups -OCH3 is 2. The van der Waals surface area contributed by atoms with Gasteiger partial charge in [-0.25, -0.2) is 18.4 Å². The number of nitrogens with one attached hydrogen (secondary N) is 4. The van der Waals surface area contributed by atoms with E-state index >= 15 is 37.5 Å². The molecule has 29 heteroatoms. The zero-order valence-corrected chi connectivity index (χ0v) is 59.4. The smallest absolute Gasteiger partial charge is 0.410 e. The Hall–Kier alpha value is -8.82. The second-order valence-electron chi connectivity index (χ2n) is 27.1. The average molecular weight is 1470 g/mol. The molecule has 536 valence electrons. The van der Waals surface area contributed by atoms with Crippen molar-refractivity contribution in [1.29, 1.82) is 0 Å². The molecule has 0 radical (unpaired) electrons. The van der Waals surface area contributed by atoms with Crippen LogP contribution >= 0.6 is 46.4 Å². The minimum Gasteiger partial charge on any atom is -0.495 e. The number of carbonyl (C=O) groups is 8. The molecular weight excluding hydrogens is 1400 g/mol. The number of nitrogens with two attached hydrogens (primary N) is 2. The van der Waals surface area contributed by atoms with Crippen LogP contribution in [0.25, 0.3) is 0 Å². The molecule has 23 nitrogen and oxygen atoms in total. The maximum Gasteiger partial charge on any atom is 0.410 e. The normalized spacial score (nSPS) is 21.2.